The van der Waals surface area contributed by atoms with Crippen LogP contribution in [0, 0.1) is 0 Å². The number of aromatic nitrogens is 1. The summed E-state index contributed by atoms with van der Waals surface area (Å²) in [7, 11) is -3.50. The highest BCUT2D eigenvalue weighted by Gasteiger charge is 2.23. The lowest BCUT2D eigenvalue weighted by Crippen LogP contribution is -2.33. The molecular formula is C20H23N3O2S. The summed E-state index contributed by atoms with van der Waals surface area (Å²) in [6.07, 6.45) is 2.31. The Hall–Kier alpha value is -2.28. The molecule has 3 rings (SSSR count). The second-order valence-corrected chi connectivity index (χ2v) is 8.18. The van der Waals surface area contributed by atoms with Gasteiger partial charge in [-0.2, -0.15) is 4.31 Å². The molecule has 5 nitrogen and oxygen atoms in total. The van der Waals surface area contributed by atoms with Gasteiger partial charge in [0.15, 0.2) is 0 Å². The molecule has 1 heterocycles. The van der Waals surface area contributed by atoms with Gasteiger partial charge in [-0.3, -0.25) is 4.98 Å². The van der Waals surface area contributed by atoms with E-state index in [0.29, 0.717) is 31.6 Å². The summed E-state index contributed by atoms with van der Waals surface area (Å²) in [6.45, 7) is 1.21. The fraction of sp³-hybridized carbons (Fsp3) is 0.250. The molecule has 0 spiro atoms. The number of para-hydroxylation sites is 1. The van der Waals surface area contributed by atoms with Crippen LogP contribution in [0.15, 0.2) is 66.9 Å². The quantitative estimate of drug-likeness (QED) is 0.662. The van der Waals surface area contributed by atoms with Crippen molar-refractivity contribution in [3.05, 3.63) is 78.0 Å². The Labute approximate surface area is 154 Å². The molecule has 26 heavy (non-hydrogen) atoms. The summed E-state index contributed by atoms with van der Waals surface area (Å²) in [5.74, 6) is -0.0707. The van der Waals surface area contributed by atoms with Crippen LogP contribution >= 0.6 is 0 Å². The lowest BCUT2D eigenvalue weighted by molar-refractivity contribution is 0.401. The summed E-state index contributed by atoms with van der Waals surface area (Å²) in [5.41, 5.74) is 8.02. The van der Waals surface area contributed by atoms with Crippen LogP contribution in [0.5, 0.6) is 0 Å². The van der Waals surface area contributed by atoms with Crippen molar-refractivity contribution in [2.45, 2.75) is 18.7 Å². The number of fused-ring (bicyclic) bond motifs is 1. The van der Waals surface area contributed by atoms with Crippen molar-refractivity contribution in [2.24, 2.45) is 5.73 Å². The molecule has 0 unspecified atom stereocenters. The topological polar surface area (TPSA) is 76.3 Å². The Bertz CT molecular complexity index is 954. The maximum atomic E-state index is 13.1. The van der Waals surface area contributed by atoms with Gasteiger partial charge in [0, 0.05) is 24.7 Å². The van der Waals surface area contributed by atoms with Gasteiger partial charge in [0.1, 0.15) is 0 Å². The minimum absolute atomic E-state index is 0.0707. The molecule has 0 aliphatic carbocycles. The van der Waals surface area contributed by atoms with E-state index in [-0.39, 0.29) is 5.75 Å². The van der Waals surface area contributed by atoms with Crippen molar-refractivity contribution in [3.63, 3.8) is 0 Å². The van der Waals surface area contributed by atoms with E-state index in [0.717, 1.165) is 16.5 Å². The minimum atomic E-state index is -3.50. The molecule has 0 amide bonds. The molecule has 136 valence electrons. The average molecular weight is 369 g/mol. The van der Waals surface area contributed by atoms with Crippen LogP contribution in [-0.2, 0) is 22.3 Å². The van der Waals surface area contributed by atoms with E-state index < -0.39 is 10.0 Å². The summed E-state index contributed by atoms with van der Waals surface area (Å²) < 4.78 is 27.7. The number of nitrogens with two attached hydrogens (primary N) is 1. The molecule has 2 aromatic carbocycles. The molecule has 0 atom stereocenters. The van der Waals surface area contributed by atoms with Gasteiger partial charge in [-0.15, -0.1) is 0 Å². The SMILES string of the molecule is NCCCN(Cc1ccccc1)S(=O)(=O)Cc1cccc2cccnc12. The number of sulfonamides is 1. The summed E-state index contributed by atoms with van der Waals surface area (Å²) in [6, 6.07) is 19.0. The standard InChI is InChI=1S/C20H23N3O2S/c21-12-6-14-23(15-17-7-2-1-3-8-17)26(24,25)16-19-10-4-9-18-11-5-13-22-20(18)19/h1-5,7-11,13H,6,12,14-16,21H2. The second kappa shape index (κ2) is 8.40. The summed E-state index contributed by atoms with van der Waals surface area (Å²) >= 11 is 0. The third kappa shape index (κ3) is 4.46. The van der Waals surface area contributed by atoms with Gasteiger partial charge in [-0.25, -0.2) is 8.42 Å². The highest BCUT2D eigenvalue weighted by atomic mass is 32.2. The zero-order chi connectivity index (χ0) is 18.4. The minimum Gasteiger partial charge on any atom is -0.330 e. The monoisotopic (exact) mass is 369 g/mol. The summed E-state index contributed by atoms with van der Waals surface area (Å²) in [4.78, 5) is 4.37. The summed E-state index contributed by atoms with van der Waals surface area (Å²) in [5, 5.41) is 0.941. The first-order valence-corrected chi connectivity index (χ1v) is 10.3. The van der Waals surface area contributed by atoms with Gasteiger partial charge >= 0.3 is 0 Å². The van der Waals surface area contributed by atoms with E-state index in [1.54, 1.807) is 6.20 Å². The van der Waals surface area contributed by atoms with Crippen LogP contribution < -0.4 is 5.73 Å². The van der Waals surface area contributed by atoms with E-state index in [2.05, 4.69) is 4.98 Å². The first-order chi connectivity index (χ1) is 12.6. The first-order valence-electron chi connectivity index (χ1n) is 8.64. The van der Waals surface area contributed by atoms with Crippen LogP contribution in [0.2, 0.25) is 0 Å². The van der Waals surface area contributed by atoms with Crippen LogP contribution in [0.1, 0.15) is 17.5 Å². The molecule has 0 aliphatic rings. The number of benzene rings is 2. The molecule has 1 aromatic heterocycles. The predicted molar refractivity (Wildman–Crippen MR) is 105 cm³/mol. The number of hydrogen-bond donors (Lipinski definition) is 1. The van der Waals surface area contributed by atoms with Crippen LogP contribution in [0.25, 0.3) is 10.9 Å². The molecule has 2 N–H and O–H groups in total. The molecule has 0 aliphatic heterocycles. The fourth-order valence-electron chi connectivity index (χ4n) is 2.94. The Kier molecular flexibility index (Phi) is 5.98. The highest BCUT2D eigenvalue weighted by molar-refractivity contribution is 7.88. The van der Waals surface area contributed by atoms with Crippen molar-refractivity contribution >= 4 is 20.9 Å². The zero-order valence-electron chi connectivity index (χ0n) is 14.6. The second-order valence-electron chi connectivity index (χ2n) is 6.21. The maximum absolute atomic E-state index is 13.1. The van der Waals surface area contributed by atoms with Crippen LogP contribution in [0.3, 0.4) is 0 Å². The number of hydrogen-bond acceptors (Lipinski definition) is 4. The fourth-order valence-corrected chi connectivity index (χ4v) is 4.50. The highest BCUT2D eigenvalue weighted by Crippen LogP contribution is 2.21. The van der Waals surface area contributed by atoms with Gasteiger partial charge in [0.05, 0.1) is 11.3 Å². The van der Waals surface area contributed by atoms with Gasteiger partial charge in [-0.05, 0) is 30.2 Å². The van der Waals surface area contributed by atoms with E-state index in [4.69, 9.17) is 5.73 Å². The number of pyridine rings is 1. The predicted octanol–water partition coefficient (Wildman–Crippen LogP) is 2.92. The molecule has 0 fully saturated rings. The zero-order valence-corrected chi connectivity index (χ0v) is 15.4. The smallest absolute Gasteiger partial charge is 0.218 e. The molecule has 0 saturated heterocycles. The third-order valence-electron chi connectivity index (χ3n) is 4.26. The van der Waals surface area contributed by atoms with Crippen molar-refractivity contribution in [2.75, 3.05) is 13.1 Å². The van der Waals surface area contributed by atoms with Gasteiger partial charge < -0.3 is 5.73 Å². The first kappa shape index (κ1) is 18.5. The lowest BCUT2D eigenvalue weighted by atomic mass is 10.1. The van der Waals surface area contributed by atoms with Crippen molar-refractivity contribution in [3.8, 4) is 0 Å². The van der Waals surface area contributed by atoms with Crippen molar-refractivity contribution < 1.29 is 8.42 Å². The van der Waals surface area contributed by atoms with Gasteiger partial charge in [0.2, 0.25) is 10.0 Å². The molecule has 0 radical (unpaired) electrons. The molecule has 0 saturated carbocycles. The van der Waals surface area contributed by atoms with E-state index in [1.807, 2.05) is 60.7 Å². The molecule has 3 aromatic rings. The van der Waals surface area contributed by atoms with Crippen molar-refractivity contribution in [1.29, 1.82) is 0 Å². The Morgan fingerprint density at radius 3 is 2.50 bits per heavy atom. The lowest BCUT2D eigenvalue weighted by Gasteiger charge is -2.22. The van der Waals surface area contributed by atoms with Crippen LogP contribution in [0.4, 0.5) is 0 Å². The van der Waals surface area contributed by atoms with E-state index >= 15 is 0 Å². The largest absolute Gasteiger partial charge is 0.330 e. The Morgan fingerprint density at radius 2 is 1.73 bits per heavy atom. The maximum Gasteiger partial charge on any atom is 0.218 e. The average Bonchev–Trinajstić information content (AvgIpc) is 2.66. The van der Waals surface area contributed by atoms with Crippen molar-refractivity contribution in [1.82, 2.24) is 9.29 Å². The normalized spacial score (nSPS) is 11.9. The number of nitrogens with zero attached hydrogens (tertiary/aromatic N) is 2. The van der Waals surface area contributed by atoms with Crippen LogP contribution in [-0.4, -0.2) is 30.8 Å². The molecule has 6 heteroatoms. The van der Waals surface area contributed by atoms with Gasteiger partial charge in [0.25, 0.3) is 0 Å². The molecular weight excluding hydrogens is 346 g/mol. The Balaban J connectivity index is 1.89. The van der Waals surface area contributed by atoms with E-state index in [9.17, 15) is 8.42 Å². The third-order valence-corrected chi connectivity index (χ3v) is 6.04. The van der Waals surface area contributed by atoms with Gasteiger partial charge in [-0.1, -0.05) is 54.6 Å². The molecule has 0 bridgehead atoms. The number of rotatable bonds is 8. The Morgan fingerprint density at radius 1 is 0.962 bits per heavy atom. The van der Waals surface area contributed by atoms with E-state index in [1.165, 1.54) is 4.31 Å².